The molecule has 0 saturated heterocycles. The Morgan fingerprint density at radius 3 is 2.94 bits per heavy atom. The summed E-state index contributed by atoms with van der Waals surface area (Å²) in [5.74, 6) is -0.344. The molecule has 2 rings (SSSR count). The number of aryl methyl sites for hydroxylation is 1. The van der Waals surface area contributed by atoms with Crippen molar-refractivity contribution >= 4 is 16.9 Å². The first-order valence-corrected chi connectivity index (χ1v) is 5.81. The van der Waals surface area contributed by atoms with Crippen LogP contribution in [0.15, 0.2) is 30.3 Å². The van der Waals surface area contributed by atoms with Crippen LogP contribution in [0, 0.1) is 11.3 Å². The van der Waals surface area contributed by atoms with Crippen molar-refractivity contribution in [1.82, 2.24) is 4.57 Å². The van der Waals surface area contributed by atoms with Crippen molar-refractivity contribution in [2.75, 3.05) is 7.11 Å². The first-order chi connectivity index (χ1) is 8.77. The van der Waals surface area contributed by atoms with Gasteiger partial charge in [-0.05, 0) is 18.6 Å². The number of fused-ring (bicyclic) bond motifs is 1. The van der Waals surface area contributed by atoms with Gasteiger partial charge in [0.15, 0.2) is 0 Å². The fourth-order valence-corrected chi connectivity index (χ4v) is 2.04. The van der Waals surface area contributed by atoms with Gasteiger partial charge in [0.25, 0.3) is 0 Å². The molecule has 92 valence electrons. The van der Waals surface area contributed by atoms with E-state index < -0.39 is 0 Å². The number of hydrogen-bond donors (Lipinski definition) is 0. The third kappa shape index (κ3) is 2.21. The van der Waals surface area contributed by atoms with Crippen molar-refractivity contribution in [3.63, 3.8) is 0 Å². The average molecular weight is 242 g/mol. The molecule has 0 aliphatic rings. The largest absolute Gasteiger partial charge is 0.464 e. The SMILES string of the molecule is COC(=O)c1cc2ccccc2n1CCCC#N. The molecule has 4 nitrogen and oxygen atoms in total. The van der Waals surface area contributed by atoms with Gasteiger partial charge in [-0.15, -0.1) is 0 Å². The summed E-state index contributed by atoms with van der Waals surface area (Å²) in [5, 5.41) is 9.59. The number of carbonyl (C=O) groups is 1. The molecule has 18 heavy (non-hydrogen) atoms. The van der Waals surface area contributed by atoms with Gasteiger partial charge in [-0.1, -0.05) is 18.2 Å². The van der Waals surface area contributed by atoms with Crippen molar-refractivity contribution in [2.24, 2.45) is 0 Å². The molecule has 0 atom stereocenters. The van der Waals surface area contributed by atoms with Crippen LogP contribution in [0.4, 0.5) is 0 Å². The minimum absolute atomic E-state index is 0.344. The number of carbonyl (C=O) groups excluding carboxylic acids is 1. The highest BCUT2D eigenvalue weighted by Crippen LogP contribution is 2.21. The molecule has 1 heterocycles. The molecule has 0 saturated carbocycles. The topological polar surface area (TPSA) is 55.0 Å². The van der Waals surface area contributed by atoms with Gasteiger partial charge in [0.2, 0.25) is 0 Å². The number of ether oxygens (including phenoxy) is 1. The number of hydrogen-bond acceptors (Lipinski definition) is 3. The molecule has 0 spiro atoms. The average Bonchev–Trinajstić information content (AvgIpc) is 2.77. The zero-order valence-electron chi connectivity index (χ0n) is 10.2. The maximum absolute atomic E-state index is 11.7. The predicted molar refractivity (Wildman–Crippen MR) is 68.1 cm³/mol. The lowest BCUT2D eigenvalue weighted by molar-refractivity contribution is 0.0589. The third-order valence-corrected chi connectivity index (χ3v) is 2.88. The quantitative estimate of drug-likeness (QED) is 0.612. The minimum atomic E-state index is -0.344. The maximum atomic E-state index is 11.7. The Bertz CT molecular complexity index is 608. The van der Waals surface area contributed by atoms with Crippen LogP contribution in [-0.4, -0.2) is 17.6 Å². The molecule has 0 radical (unpaired) electrons. The van der Waals surface area contributed by atoms with Crippen molar-refractivity contribution < 1.29 is 9.53 Å². The van der Waals surface area contributed by atoms with Gasteiger partial charge in [-0.25, -0.2) is 4.79 Å². The lowest BCUT2D eigenvalue weighted by Gasteiger charge is -2.08. The Kier molecular flexibility index (Phi) is 3.63. The normalized spacial score (nSPS) is 10.2. The number of nitriles is 1. The molecule has 0 amide bonds. The van der Waals surface area contributed by atoms with Crippen LogP contribution in [0.3, 0.4) is 0 Å². The smallest absolute Gasteiger partial charge is 0.354 e. The first kappa shape index (κ1) is 12.2. The minimum Gasteiger partial charge on any atom is -0.464 e. The van der Waals surface area contributed by atoms with Gasteiger partial charge < -0.3 is 9.30 Å². The van der Waals surface area contributed by atoms with Crippen LogP contribution in [0.25, 0.3) is 10.9 Å². The van der Waals surface area contributed by atoms with Crippen LogP contribution < -0.4 is 0 Å². The molecule has 0 aliphatic heterocycles. The number of nitrogens with zero attached hydrogens (tertiary/aromatic N) is 2. The lowest BCUT2D eigenvalue weighted by Crippen LogP contribution is -2.10. The van der Waals surface area contributed by atoms with Crippen LogP contribution in [-0.2, 0) is 11.3 Å². The van der Waals surface area contributed by atoms with Crippen LogP contribution in [0.1, 0.15) is 23.3 Å². The Balaban J connectivity index is 2.44. The van der Waals surface area contributed by atoms with Gasteiger partial charge in [-0.2, -0.15) is 5.26 Å². The Labute approximate surface area is 105 Å². The van der Waals surface area contributed by atoms with E-state index in [0.717, 1.165) is 17.3 Å². The highest BCUT2D eigenvalue weighted by atomic mass is 16.5. The fourth-order valence-electron chi connectivity index (χ4n) is 2.04. The highest BCUT2D eigenvalue weighted by molar-refractivity contribution is 5.95. The number of aromatic nitrogens is 1. The zero-order valence-corrected chi connectivity index (χ0v) is 10.2. The molecule has 0 unspecified atom stereocenters. The first-order valence-electron chi connectivity index (χ1n) is 5.81. The third-order valence-electron chi connectivity index (χ3n) is 2.88. The summed E-state index contributed by atoms with van der Waals surface area (Å²) in [6.45, 7) is 0.644. The summed E-state index contributed by atoms with van der Waals surface area (Å²) in [6.07, 6.45) is 1.20. The van der Waals surface area contributed by atoms with Gasteiger partial charge in [0.05, 0.1) is 13.2 Å². The van der Waals surface area contributed by atoms with E-state index in [1.165, 1.54) is 7.11 Å². The van der Waals surface area contributed by atoms with Crippen LogP contribution in [0.5, 0.6) is 0 Å². The van der Waals surface area contributed by atoms with Gasteiger partial charge in [0.1, 0.15) is 5.69 Å². The lowest BCUT2D eigenvalue weighted by atomic mass is 10.2. The number of methoxy groups -OCH3 is 1. The Morgan fingerprint density at radius 1 is 1.44 bits per heavy atom. The fraction of sp³-hybridized carbons (Fsp3) is 0.286. The van der Waals surface area contributed by atoms with E-state index in [1.54, 1.807) is 0 Å². The van der Waals surface area contributed by atoms with E-state index >= 15 is 0 Å². The second-order valence-corrected chi connectivity index (χ2v) is 3.99. The second kappa shape index (κ2) is 5.37. The standard InChI is InChI=1S/C14H14N2O2/c1-18-14(17)13-10-11-6-2-3-7-12(11)16(13)9-5-4-8-15/h2-3,6-7,10H,4-5,9H2,1H3. The number of esters is 1. The summed E-state index contributed by atoms with van der Waals surface area (Å²) < 4.78 is 6.70. The maximum Gasteiger partial charge on any atom is 0.354 e. The predicted octanol–water partition coefficient (Wildman–Crippen LogP) is 2.73. The van der Waals surface area contributed by atoms with Gasteiger partial charge >= 0.3 is 5.97 Å². The summed E-state index contributed by atoms with van der Waals surface area (Å²) >= 11 is 0. The molecule has 1 aromatic heterocycles. The monoisotopic (exact) mass is 242 g/mol. The molecule has 1 aromatic carbocycles. The van der Waals surface area contributed by atoms with Crippen molar-refractivity contribution in [3.8, 4) is 6.07 Å². The van der Waals surface area contributed by atoms with Crippen molar-refractivity contribution in [2.45, 2.75) is 19.4 Å². The van der Waals surface area contributed by atoms with E-state index in [2.05, 4.69) is 6.07 Å². The molecular formula is C14H14N2O2. The molecular weight excluding hydrogens is 228 g/mol. The van der Waals surface area contributed by atoms with Crippen LogP contribution >= 0.6 is 0 Å². The molecule has 4 heteroatoms. The number of benzene rings is 1. The van der Waals surface area contributed by atoms with E-state index in [1.807, 2.05) is 34.9 Å². The highest BCUT2D eigenvalue weighted by Gasteiger charge is 2.15. The van der Waals surface area contributed by atoms with E-state index in [4.69, 9.17) is 10.00 Å². The molecule has 0 bridgehead atoms. The zero-order chi connectivity index (χ0) is 13.0. The molecule has 0 fully saturated rings. The van der Waals surface area contributed by atoms with Gasteiger partial charge in [0, 0.05) is 23.9 Å². The van der Waals surface area contributed by atoms with Gasteiger partial charge in [-0.3, -0.25) is 0 Å². The Hall–Kier alpha value is -2.28. The summed E-state index contributed by atoms with van der Waals surface area (Å²) in [5.41, 5.74) is 1.53. The van der Waals surface area contributed by atoms with Crippen molar-refractivity contribution in [3.05, 3.63) is 36.0 Å². The number of para-hydroxylation sites is 1. The number of rotatable bonds is 4. The molecule has 2 aromatic rings. The Morgan fingerprint density at radius 2 is 2.22 bits per heavy atom. The van der Waals surface area contributed by atoms with E-state index in [0.29, 0.717) is 18.7 Å². The molecule has 0 aliphatic carbocycles. The summed E-state index contributed by atoms with van der Waals surface area (Å²) in [4.78, 5) is 11.7. The molecule has 0 N–H and O–H groups in total. The summed E-state index contributed by atoms with van der Waals surface area (Å²) in [6, 6.07) is 11.7. The second-order valence-electron chi connectivity index (χ2n) is 3.99. The number of unbranched alkanes of at least 4 members (excludes halogenated alkanes) is 1. The van der Waals surface area contributed by atoms with Crippen LogP contribution in [0.2, 0.25) is 0 Å². The van der Waals surface area contributed by atoms with E-state index in [9.17, 15) is 4.79 Å². The summed E-state index contributed by atoms with van der Waals surface area (Å²) in [7, 11) is 1.37. The van der Waals surface area contributed by atoms with Crippen molar-refractivity contribution in [1.29, 1.82) is 5.26 Å². The van der Waals surface area contributed by atoms with E-state index in [-0.39, 0.29) is 5.97 Å².